The van der Waals surface area contributed by atoms with Crippen LogP contribution in [0.4, 0.5) is 0 Å². The first kappa shape index (κ1) is 9.00. The fourth-order valence-corrected chi connectivity index (χ4v) is 1.40. The summed E-state index contributed by atoms with van der Waals surface area (Å²) in [5, 5.41) is 0. The van der Waals surface area contributed by atoms with Gasteiger partial charge in [0.1, 0.15) is 0 Å². The van der Waals surface area contributed by atoms with Crippen LogP contribution in [0.1, 0.15) is 32.1 Å². The van der Waals surface area contributed by atoms with Crippen molar-refractivity contribution >= 4 is 11.8 Å². The fraction of sp³-hybridized carbons (Fsp3) is 0.800. The predicted octanol–water partition coefficient (Wildman–Crippen LogP) is 2.93. The van der Waals surface area contributed by atoms with E-state index < -0.39 is 0 Å². The van der Waals surface area contributed by atoms with Crippen LogP contribution in [0, 0.1) is 17.8 Å². The van der Waals surface area contributed by atoms with Gasteiger partial charge in [0, 0.05) is 12.3 Å². The summed E-state index contributed by atoms with van der Waals surface area (Å²) in [5.74, 6) is 8.61. The largest absolute Gasteiger partial charge is 0.165 e. The summed E-state index contributed by atoms with van der Waals surface area (Å²) >= 11 is 1.93. The molecule has 0 heterocycles. The number of rotatable bonds is 4. The highest BCUT2D eigenvalue weighted by molar-refractivity contribution is 7.98. The van der Waals surface area contributed by atoms with Crippen molar-refractivity contribution in [2.45, 2.75) is 32.1 Å². The lowest BCUT2D eigenvalue weighted by Gasteiger charge is -1.91. The maximum absolute atomic E-state index is 3.28. The van der Waals surface area contributed by atoms with Gasteiger partial charge in [-0.2, -0.15) is 11.8 Å². The molecule has 0 unspecified atom stereocenters. The zero-order valence-electron chi connectivity index (χ0n) is 7.23. The van der Waals surface area contributed by atoms with Gasteiger partial charge in [0.2, 0.25) is 0 Å². The third-order valence-corrected chi connectivity index (χ3v) is 2.48. The van der Waals surface area contributed by atoms with Crippen LogP contribution >= 0.6 is 11.8 Å². The van der Waals surface area contributed by atoms with Gasteiger partial charge in [0.15, 0.2) is 0 Å². The molecular formula is C10H16S. The van der Waals surface area contributed by atoms with Gasteiger partial charge in [-0.15, -0.1) is 5.92 Å². The summed E-state index contributed by atoms with van der Waals surface area (Å²) in [6.45, 7) is 0. The molecule has 0 amide bonds. The number of hydrogen-bond acceptors (Lipinski definition) is 1. The Morgan fingerprint density at radius 2 is 2.18 bits per heavy atom. The molecule has 0 bridgehead atoms. The van der Waals surface area contributed by atoms with Crippen LogP contribution in [-0.2, 0) is 0 Å². The van der Waals surface area contributed by atoms with E-state index in [1.165, 1.54) is 31.4 Å². The van der Waals surface area contributed by atoms with Crippen molar-refractivity contribution in [1.82, 2.24) is 0 Å². The molecule has 1 rings (SSSR count). The smallest absolute Gasteiger partial charge is 0.0203 e. The Kier molecular flexibility index (Phi) is 4.54. The van der Waals surface area contributed by atoms with E-state index in [-0.39, 0.29) is 0 Å². The third kappa shape index (κ3) is 5.21. The minimum atomic E-state index is 0.788. The van der Waals surface area contributed by atoms with E-state index in [1.807, 2.05) is 11.8 Å². The fourth-order valence-electron chi connectivity index (χ4n) is 0.904. The molecule has 0 radical (unpaired) electrons. The lowest BCUT2D eigenvalue weighted by Crippen LogP contribution is -1.77. The van der Waals surface area contributed by atoms with Gasteiger partial charge >= 0.3 is 0 Å². The van der Waals surface area contributed by atoms with E-state index >= 15 is 0 Å². The molecule has 0 aliphatic heterocycles. The van der Waals surface area contributed by atoms with Gasteiger partial charge in [-0.05, 0) is 37.7 Å². The monoisotopic (exact) mass is 168 g/mol. The SMILES string of the molecule is CSCCCCC#CC1CC1. The highest BCUT2D eigenvalue weighted by atomic mass is 32.2. The third-order valence-electron chi connectivity index (χ3n) is 1.78. The highest BCUT2D eigenvalue weighted by Crippen LogP contribution is 2.27. The molecule has 0 nitrogen and oxygen atoms in total. The summed E-state index contributed by atoms with van der Waals surface area (Å²) in [6, 6.07) is 0. The van der Waals surface area contributed by atoms with Gasteiger partial charge in [-0.3, -0.25) is 0 Å². The first-order valence-corrected chi connectivity index (χ1v) is 5.80. The number of thioether (sulfide) groups is 1. The summed E-state index contributed by atoms with van der Waals surface area (Å²) in [7, 11) is 0. The molecular weight excluding hydrogens is 152 g/mol. The Hall–Kier alpha value is -0.0900. The van der Waals surface area contributed by atoms with Crippen molar-refractivity contribution in [3.8, 4) is 11.8 Å². The Labute approximate surface area is 74.1 Å². The summed E-state index contributed by atoms with van der Waals surface area (Å²) in [6.07, 6.45) is 8.63. The zero-order chi connectivity index (χ0) is 7.94. The molecule has 11 heavy (non-hydrogen) atoms. The first-order valence-electron chi connectivity index (χ1n) is 4.41. The molecule has 0 saturated heterocycles. The maximum Gasteiger partial charge on any atom is 0.0203 e. The molecule has 0 atom stereocenters. The second-order valence-corrected chi connectivity index (χ2v) is 4.03. The molecule has 1 aliphatic carbocycles. The Balaban J connectivity index is 1.84. The molecule has 1 aliphatic rings. The summed E-state index contributed by atoms with van der Waals surface area (Å²) < 4.78 is 0. The maximum atomic E-state index is 3.28. The van der Waals surface area contributed by atoms with Crippen LogP contribution in [0.15, 0.2) is 0 Å². The Morgan fingerprint density at radius 1 is 1.36 bits per heavy atom. The van der Waals surface area contributed by atoms with Crippen LogP contribution in [0.2, 0.25) is 0 Å². The first-order chi connectivity index (χ1) is 5.43. The highest BCUT2D eigenvalue weighted by Gasteiger charge is 2.17. The van der Waals surface area contributed by atoms with Crippen LogP contribution in [0.5, 0.6) is 0 Å². The van der Waals surface area contributed by atoms with E-state index in [1.54, 1.807) is 0 Å². The lowest BCUT2D eigenvalue weighted by atomic mass is 10.2. The second kappa shape index (κ2) is 5.55. The van der Waals surface area contributed by atoms with E-state index in [4.69, 9.17) is 0 Å². The molecule has 0 aromatic carbocycles. The number of unbranched alkanes of at least 4 members (excludes halogenated alkanes) is 2. The normalized spacial score (nSPS) is 15.7. The minimum Gasteiger partial charge on any atom is -0.165 e. The Morgan fingerprint density at radius 3 is 2.82 bits per heavy atom. The van der Waals surface area contributed by atoms with Crippen LogP contribution in [-0.4, -0.2) is 12.0 Å². The predicted molar refractivity (Wildman–Crippen MR) is 52.7 cm³/mol. The van der Waals surface area contributed by atoms with Crippen LogP contribution in [0.25, 0.3) is 0 Å². The van der Waals surface area contributed by atoms with Crippen molar-refractivity contribution < 1.29 is 0 Å². The van der Waals surface area contributed by atoms with Crippen molar-refractivity contribution in [2.24, 2.45) is 5.92 Å². The van der Waals surface area contributed by atoms with E-state index in [2.05, 4.69) is 18.1 Å². The molecule has 1 heteroatoms. The Bertz CT molecular complexity index is 148. The van der Waals surface area contributed by atoms with Crippen LogP contribution < -0.4 is 0 Å². The van der Waals surface area contributed by atoms with Gasteiger partial charge in [0.05, 0.1) is 0 Å². The van der Waals surface area contributed by atoms with E-state index in [0.29, 0.717) is 0 Å². The van der Waals surface area contributed by atoms with Crippen molar-refractivity contribution in [2.75, 3.05) is 12.0 Å². The average Bonchev–Trinajstić information content (AvgIpc) is 2.80. The van der Waals surface area contributed by atoms with E-state index in [0.717, 1.165) is 12.3 Å². The second-order valence-electron chi connectivity index (χ2n) is 3.05. The van der Waals surface area contributed by atoms with Gasteiger partial charge in [-0.1, -0.05) is 5.92 Å². The molecule has 0 aromatic rings. The molecule has 0 spiro atoms. The topological polar surface area (TPSA) is 0 Å². The van der Waals surface area contributed by atoms with Crippen molar-refractivity contribution in [1.29, 1.82) is 0 Å². The van der Waals surface area contributed by atoms with Gasteiger partial charge in [-0.25, -0.2) is 0 Å². The minimum absolute atomic E-state index is 0.788. The molecule has 0 N–H and O–H groups in total. The molecule has 1 saturated carbocycles. The number of hydrogen-bond donors (Lipinski definition) is 0. The summed E-state index contributed by atoms with van der Waals surface area (Å²) in [5.41, 5.74) is 0. The van der Waals surface area contributed by atoms with Crippen molar-refractivity contribution in [3.05, 3.63) is 0 Å². The lowest BCUT2D eigenvalue weighted by molar-refractivity contribution is 0.836. The van der Waals surface area contributed by atoms with Crippen LogP contribution in [0.3, 0.4) is 0 Å². The molecule has 1 fully saturated rings. The molecule has 0 aromatic heterocycles. The van der Waals surface area contributed by atoms with Gasteiger partial charge in [0.25, 0.3) is 0 Å². The molecule has 62 valence electrons. The standard InChI is InChI=1S/C10H16S/c1-11-9-5-3-2-4-6-10-7-8-10/h10H,2-3,5,7-9H2,1H3. The van der Waals surface area contributed by atoms with Crippen molar-refractivity contribution in [3.63, 3.8) is 0 Å². The summed E-state index contributed by atoms with van der Waals surface area (Å²) in [4.78, 5) is 0. The van der Waals surface area contributed by atoms with E-state index in [9.17, 15) is 0 Å². The van der Waals surface area contributed by atoms with Gasteiger partial charge < -0.3 is 0 Å². The average molecular weight is 168 g/mol. The quantitative estimate of drug-likeness (QED) is 0.459. The zero-order valence-corrected chi connectivity index (χ0v) is 8.04.